The molecule has 1 fully saturated rings. The van der Waals surface area contributed by atoms with Gasteiger partial charge in [-0.05, 0) is 0 Å². The van der Waals surface area contributed by atoms with Crippen LogP contribution in [0.15, 0.2) is 30.3 Å². The Balaban J connectivity index is 0.000000227. The monoisotopic (exact) mass is 198 g/mol. The summed E-state index contributed by atoms with van der Waals surface area (Å²) in [6, 6.07) is 9.49. The van der Waals surface area contributed by atoms with E-state index in [0.29, 0.717) is 0 Å². The van der Waals surface area contributed by atoms with E-state index < -0.39 is 0 Å². The summed E-state index contributed by atoms with van der Waals surface area (Å²) in [6.07, 6.45) is 0. The summed E-state index contributed by atoms with van der Waals surface area (Å²) < 4.78 is 5.01. The van der Waals surface area contributed by atoms with Crippen LogP contribution in [-0.2, 0) is 4.74 Å². The molecule has 1 N–H and O–H groups in total. The number of hydrogen-bond donors (Lipinski definition) is 1. The standard InChI is InChI=1S/C6H5B.C4H9NO.Na/c7-6-4-2-1-3-5-6;1-3-6-4-2-5-1;/h1-5H;5H,1-4H2;. The molecular weight excluding hydrogens is 184 g/mol. The van der Waals surface area contributed by atoms with Gasteiger partial charge in [0.1, 0.15) is 7.85 Å². The van der Waals surface area contributed by atoms with E-state index >= 15 is 0 Å². The molecule has 1 aliphatic rings. The van der Waals surface area contributed by atoms with E-state index in [9.17, 15) is 0 Å². The van der Waals surface area contributed by atoms with Crippen LogP contribution >= 0.6 is 0 Å². The first-order valence-electron chi connectivity index (χ1n) is 4.48. The zero-order valence-corrected chi connectivity index (χ0v) is 10.7. The first-order chi connectivity index (χ1) is 6.39. The molecule has 1 heterocycles. The number of benzene rings is 1. The van der Waals surface area contributed by atoms with Gasteiger partial charge < -0.3 is 10.1 Å². The summed E-state index contributed by atoms with van der Waals surface area (Å²) in [5, 5.41) is 3.16. The molecule has 0 spiro atoms. The van der Waals surface area contributed by atoms with Crippen LogP contribution < -0.4 is 10.8 Å². The van der Waals surface area contributed by atoms with E-state index in [1.807, 2.05) is 30.3 Å². The third-order valence-corrected chi connectivity index (χ3v) is 1.65. The van der Waals surface area contributed by atoms with Crippen LogP contribution in [0.3, 0.4) is 0 Å². The van der Waals surface area contributed by atoms with Gasteiger partial charge in [-0.3, -0.25) is 0 Å². The minimum atomic E-state index is 0. The number of ether oxygens (including phenoxy) is 1. The van der Waals surface area contributed by atoms with Gasteiger partial charge in [0, 0.05) is 42.6 Å². The van der Waals surface area contributed by atoms with E-state index in [-0.39, 0.29) is 29.6 Å². The van der Waals surface area contributed by atoms with E-state index in [1.165, 1.54) is 0 Å². The van der Waals surface area contributed by atoms with Crippen LogP contribution in [0.4, 0.5) is 0 Å². The summed E-state index contributed by atoms with van der Waals surface area (Å²) in [5.74, 6) is 0. The molecule has 1 aromatic rings. The molecule has 0 aromatic heterocycles. The second-order valence-corrected chi connectivity index (χ2v) is 2.77. The van der Waals surface area contributed by atoms with E-state index in [2.05, 4.69) is 5.32 Å². The van der Waals surface area contributed by atoms with Crippen molar-refractivity contribution in [1.82, 2.24) is 5.32 Å². The molecule has 0 unspecified atom stereocenters. The smallest absolute Gasteiger partial charge is 0.113 e. The first kappa shape index (κ1) is 14.2. The predicted molar refractivity (Wildman–Crippen MR) is 61.3 cm³/mol. The third kappa shape index (κ3) is 7.59. The van der Waals surface area contributed by atoms with Crippen LogP contribution in [0, 0.1) is 0 Å². The van der Waals surface area contributed by atoms with Gasteiger partial charge in [-0.25, -0.2) is 0 Å². The van der Waals surface area contributed by atoms with Crippen molar-refractivity contribution in [3.63, 3.8) is 0 Å². The fraction of sp³-hybridized carbons (Fsp3) is 0.400. The molecular formula is C10H14BNNaO. The van der Waals surface area contributed by atoms with Crippen molar-refractivity contribution in [3.8, 4) is 0 Å². The molecule has 14 heavy (non-hydrogen) atoms. The first-order valence-corrected chi connectivity index (χ1v) is 4.48. The summed E-state index contributed by atoms with van der Waals surface area (Å²) >= 11 is 0. The molecule has 69 valence electrons. The average molecular weight is 198 g/mol. The maximum atomic E-state index is 5.36. The molecule has 1 aromatic carbocycles. The quantitative estimate of drug-likeness (QED) is 0.578. The maximum absolute atomic E-state index is 5.36. The Morgan fingerprint density at radius 1 is 1.07 bits per heavy atom. The molecule has 0 amide bonds. The van der Waals surface area contributed by atoms with Crippen molar-refractivity contribution < 1.29 is 4.74 Å². The van der Waals surface area contributed by atoms with Gasteiger partial charge in [-0.1, -0.05) is 35.8 Å². The summed E-state index contributed by atoms with van der Waals surface area (Å²) in [4.78, 5) is 0. The van der Waals surface area contributed by atoms with Gasteiger partial charge in [-0.2, -0.15) is 0 Å². The van der Waals surface area contributed by atoms with E-state index in [0.717, 1.165) is 31.8 Å². The molecule has 2 rings (SSSR count). The van der Waals surface area contributed by atoms with Crippen LogP contribution in [-0.4, -0.2) is 63.7 Å². The van der Waals surface area contributed by atoms with Gasteiger partial charge in [0.25, 0.3) is 0 Å². The average Bonchev–Trinajstić information content (AvgIpc) is 2.22. The van der Waals surface area contributed by atoms with Gasteiger partial charge in [0.05, 0.1) is 13.2 Å². The van der Waals surface area contributed by atoms with Crippen molar-refractivity contribution in [2.45, 2.75) is 0 Å². The molecule has 2 nitrogen and oxygen atoms in total. The van der Waals surface area contributed by atoms with Crippen LogP contribution in [0.2, 0.25) is 0 Å². The van der Waals surface area contributed by atoms with Gasteiger partial charge >= 0.3 is 0 Å². The molecule has 1 aliphatic heterocycles. The van der Waals surface area contributed by atoms with Crippen molar-refractivity contribution in [3.05, 3.63) is 30.3 Å². The van der Waals surface area contributed by atoms with Crippen LogP contribution in [0.25, 0.3) is 0 Å². The zero-order chi connectivity index (χ0) is 9.36. The van der Waals surface area contributed by atoms with Crippen molar-refractivity contribution in [2.24, 2.45) is 0 Å². The van der Waals surface area contributed by atoms with Crippen molar-refractivity contribution >= 4 is 42.9 Å². The normalized spacial score (nSPS) is 14.6. The molecule has 1 saturated heterocycles. The SMILES string of the molecule is C1COCCN1.[B]c1ccccc1.[Na]. The molecule has 0 aliphatic carbocycles. The number of morpholine rings is 1. The minimum absolute atomic E-state index is 0. The van der Waals surface area contributed by atoms with Gasteiger partial charge in [-0.15, -0.1) is 0 Å². The predicted octanol–water partition coefficient (Wildman–Crippen LogP) is -0.294. The third-order valence-electron chi connectivity index (χ3n) is 1.65. The number of nitrogens with one attached hydrogen (secondary N) is 1. The van der Waals surface area contributed by atoms with Crippen molar-refractivity contribution in [1.29, 1.82) is 0 Å². The van der Waals surface area contributed by atoms with Crippen molar-refractivity contribution in [2.75, 3.05) is 26.3 Å². The Labute approximate surface area is 109 Å². The van der Waals surface area contributed by atoms with Crippen LogP contribution in [0.1, 0.15) is 0 Å². The Morgan fingerprint density at radius 2 is 1.64 bits per heavy atom. The second-order valence-electron chi connectivity index (χ2n) is 2.77. The number of hydrogen-bond acceptors (Lipinski definition) is 2. The van der Waals surface area contributed by atoms with E-state index in [1.54, 1.807) is 0 Å². The van der Waals surface area contributed by atoms with Gasteiger partial charge in [0.15, 0.2) is 0 Å². The van der Waals surface area contributed by atoms with Crippen LogP contribution in [0.5, 0.6) is 0 Å². The largest absolute Gasteiger partial charge is 0.379 e. The molecule has 0 saturated carbocycles. The Kier molecular flexibility index (Phi) is 9.89. The molecule has 4 heteroatoms. The molecule has 3 radical (unpaired) electrons. The minimum Gasteiger partial charge on any atom is -0.379 e. The van der Waals surface area contributed by atoms with Gasteiger partial charge in [0.2, 0.25) is 0 Å². The fourth-order valence-corrected chi connectivity index (χ4v) is 0.969. The summed E-state index contributed by atoms with van der Waals surface area (Å²) in [7, 11) is 5.36. The Hall–Kier alpha value is 0.205. The second kappa shape index (κ2) is 9.75. The zero-order valence-electron chi connectivity index (χ0n) is 8.70. The molecule has 0 bridgehead atoms. The summed E-state index contributed by atoms with van der Waals surface area (Å²) in [5.41, 5.74) is 0.822. The summed E-state index contributed by atoms with van der Waals surface area (Å²) in [6.45, 7) is 3.83. The maximum Gasteiger partial charge on any atom is 0.113 e. The topological polar surface area (TPSA) is 21.3 Å². The number of rotatable bonds is 0. The Bertz CT molecular complexity index is 205. The van der Waals surface area contributed by atoms with E-state index in [4.69, 9.17) is 12.6 Å². The molecule has 0 atom stereocenters. The Morgan fingerprint density at radius 3 is 1.86 bits per heavy atom. The fourth-order valence-electron chi connectivity index (χ4n) is 0.969.